The van der Waals surface area contributed by atoms with Gasteiger partial charge in [0.25, 0.3) is 5.69 Å². The van der Waals surface area contributed by atoms with Gasteiger partial charge in [-0.25, -0.2) is 9.79 Å². The number of aliphatic imine (C=N–C) groups is 1. The van der Waals surface area contributed by atoms with E-state index in [1.165, 1.54) is 30.3 Å². The molecule has 1 heterocycles. The minimum atomic E-state index is -0.650. The summed E-state index contributed by atoms with van der Waals surface area (Å²) in [7, 11) is 0. The molecule has 1 aliphatic rings. The maximum absolute atomic E-state index is 11.9. The van der Waals surface area contributed by atoms with E-state index < -0.39 is 10.9 Å². The number of non-ortho nitro benzene ring substituents is 1. The number of hydrogen-bond donors (Lipinski definition) is 0. The molecule has 0 fully saturated rings. The molecule has 2 aromatic rings. The van der Waals surface area contributed by atoms with Crippen molar-refractivity contribution in [1.82, 2.24) is 0 Å². The zero-order valence-corrected chi connectivity index (χ0v) is 13.4. The molecule has 0 radical (unpaired) electrons. The monoisotopic (exact) mass is 362 g/mol. The molecule has 2 aromatic carbocycles. The Labute approximate surface area is 146 Å². The lowest BCUT2D eigenvalue weighted by Crippen LogP contribution is -2.05. The van der Waals surface area contributed by atoms with Crippen LogP contribution in [0.25, 0.3) is 6.08 Å². The molecule has 0 saturated carbocycles. The number of cyclic esters (lactones) is 1. The molecule has 8 heteroatoms. The fourth-order valence-electron chi connectivity index (χ4n) is 2.05. The number of ether oxygens (including phenoxy) is 1. The molecule has 0 saturated heterocycles. The van der Waals surface area contributed by atoms with Gasteiger partial charge in [0, 0.05) is 17.7 Å². The summed E-state index contributed by atoms with van der Waals surface area (Å²) in [6.07, 6.45) is 1.42. The number of benzene rings is 2. The highest BCUT2D eigenvalue weighted by Crippen LogP contribution is 2.26. The summed E-state index contributed by atoms with van der Waals surface area (Å²) in [6, 6.07) is 10.6. The molecule has 0 aromatic heterocycles. The van der Waals surface area contributed by atoms with Gasteiger partial charge in [0.15, 0.2) is 5.70 Å². The Morgan fingerprint density at radius 1 is 1.12 bits per heavy atom. The minimum absolute atomic E-state index is 0.0385. The molecule has 6 nitrogen and oxygen atoms in total. The molecule has 0 amide bonds. The number of nitrogens with zero attached hydrogens (tertiary/aromatic N) is 2. The molecule has 0 unspecified atom stereocenters. The highest BCUT2D eigenvalue weighted by molar-refractivity contribution is 6.42. The maximum Gasteiger partial charge on any atom is 0.363 e. The lowest BCUT2D eigenvalue weighted by atomic mass is 10.1. The molecule has 1 aliphatic heterocycles. The van der Waals surface area contributed by atoms with Gasteiger partial charge in [0.1, 0.15) is 0 Å². The van der Waals surface area contributed by atoms with E-state index in [4.69, 9.17) is 27.9 Å². The quantitative estimate of drug-likeness (QED) is 0.353. The van der Waals surface area contributed by atoms with Crippen LogP contribution in [0.15, 0.2) is 53.2 Å². The largest absolute Gasteiger partial charge is 0.402 e. The third kappa shape index (κ3) is 3.29. The smallest absolute Gasteiger partial charge is 0.363 e. The number of carbonyl (C=O) groups is 1. The molecular formula is C16H8Cl2N2O4. The van der Waals surface area contributed by atoms with Crippen LogP contribution in [0.5, 0.6) is 0 Å². The van der Waals surface area contributed by atoms with Crippen molar-refractivity contribution in [3.63, 3.8) is 0 Å². The molecule has 0 aliphatic carbocycles. The summed E-state index contributed by atoms with van der Waals surface area (Å²) in [5.41, 5.74) is 0.927. The van der Waals surface area contributed by atoms with Crippen molar-refractivity contribution in [3.05, 3.63) is 79.4 Å². The SMILES string of the molecule is O=C1OC(c2ccc(Cl)c(Cl)c2)=NC1=Cc1cccc([N+](=O)[O-])c1. The molecule has 0 bridgehead atoms. The van der Waals surface area contributed by atoms with E-state index in [-0.39, 0.29) is 17.3 Å². The van der Waals surface area contributed by atoms with Crippen molar-refractivity contribution < 1.29 is 14.5 Å². The van der Waals surface area contributed by atoms with Crippen LogP contribution in [0.2, 0.25) is 10.0 Å². The predicted octanol–water partition coefficient (Wildman–Crippen LogP) is 4.25. The van der Waals surface area contributed by atoms with E-state index >= 15 is 0 Å². The third-order valence-corrected chi connectivity index (χ3v) is 3.91. The summed E-state index contributed by atoms with van der Waals surface area (Å²) in [5, 5.41) is 11.5. The van der Waals surface area contributed by atoms with Crippen LogP contribution in [0, 0.1) is 10.1 Å². The van der Waals surface area contributed by atoms with Gasteiger partial charge in [-0.1, -0.05) is 35.3 Å². The fourth-order valence-corrected chi connectivity index (χ4v) is 2.35. The van der Waals surface area contributed by atoms with Crippen molar-refractivity contribution in [2.24, 2.45) is 4.99 Å². The Kier molecular flexibility index (Phi) is 4.33. The van der Waals surface area contributed by atoms with E-state index in [9.17, 15) is 14.9 Å². The van der Waals surface area contributed by atoms with Crippen LogP contribution in [-0.2, 0) is 9.53 Å². The number of hydrogen-bond acceptors (Lipinski definition) is 5. The van der Waals surface area contributed by atoms with E-state index in [1.54, 1.807) is 18.2 Å². The van der Waals surface area contributed by atoms with Gasteiger partial charge < -0.3 is 4.74 Å². The van der Waals surface area contributed by atoms with Gasteiger partial charge in [-0.05, 0) is 29.8 Å². The van der Waals surface area contributed by atoms with Crippen molar-refractivity contribution >= 4 is 46.8 Å². The number of esters is 1. The first kappa shape index (κ1) is 16.2. The topological polar surface area (TPSA) is 81.8 Å². The summed E-state index contributed by atoms with van der Waals surface area (Å²) < 4.78 is 5.11. The Bertz CT molecular complexity index is 922. The molecule has 120 valence electrons. The first-order valence-electron chi connectivity index (χ1n) is 6.66. The predicted molar refractivity (Wildman–Crippen MR) is 90.2 cm³/mol. The van der Waals surface area contributed by atoms with Gasteiger partial charge >= 0.3 is 5.97 Å². The Morgan fingerprint density at radius 2 is 1.92 bits per heavy atom. The Hall–Kier alpha value is -2.70. The van der Waals surface area contributed by atoms with Gasteiger partial charge in [-0.2, -0.15) is 0 Å². The summed E-state index contributed by atoms with van der Waals surface area (Å²) in [4.78, 5) is 26.3. The third-order valence-electron chi connectivity index (χ3n) is 3.17. The lowest BCUT2D eigenvalue weighted by Gasteiger charge is -2.01. The molecule has 3 rings (SSSR count). The highest BCUT2D eigenvalue weighted by atomic mass is 35.5. The standard InChI is InChI=1S/C16H8Cl2N2O4/c17-12-5-4-10(8-13(12)18)15-19-14(16(21)24-15)7-9-2-1-3-11(6-9)20(22)23/h1-8H. The Morgan fingerprint density at radius 3 is 2.62 bits per heavy atom. The average molecular weight is 363 g/mol. The number of rotatable bonds is 3. The molecule has 24 heavy (non-hydrogen) atoms. The number of nitro benzene ring substituents is 1. The van der Waals surface area contributed by atoms with Crippen molar-refractivity contribution in [1.29, 1.82) is 0 Å². The van der Waals surface area contributed by atoms with Crippen LogP contribution >= 0.6 is 23.2 Å². The summed E-state index contributed by atoms with van der Waals surface area (Å²) >= 11 is 11.8. The van der Waals surface area contributed by atoms with E-state index in [1.807, 2.05) is 0 Å². The second kappa shape index (κ2) is 6.43. The summed E-state index contributed by atoms with van der Waals surface area (Å²) in [5.74, 6) is -0.558. The molecule has 0 atom stereocenters. The minimum Gasteiger partial charge on any atom is -0.402 e. The zero-order valence-electron chi connectivity index (χ0n) is 11.9. The van der Waals surface area contributed by atoms with Gasteiger partial charge in [-0.3, -0.25) is 10.1 Å². The molecule has 0 N–H and O–H groups in total. The van der Waals surface area contributed by atoms with E-state index in [0.29, 0.717) is 21.2 Å². The molecular weight excluding hydrogens is 355 g/mol. The molecule has 0 spiro atoms. The van der Waals surface area contributed by atoms with Crippen LogP contribution in [0.4, 0.5) is 5.69 Å². The highest BCUT2D eigenvalue weighted by Gasteiger charge is 2.24. The number of nitro groups is 1. The van der Waals surface area contributed by atoms with Crippen LogP contribution < -0.4 is 0 Å². The first-order valence-corrected chi connectivity index (χ1v) is 7.42. The van der Waals surface area contributed by atoms with Crippen LogP contribution in [0.1, 0.15) is 11.1 Å². The number of carbonyl (C=O) groups excluding carboxylic acids is 1. The summed E-state index contributed by atoms with van der Waals surface area (Å²) in [6.45, 7) is 0. The number of halogens is 2. The maximum atomic E-state index is 11.9. The van der Waals surface area contributed by atoms with Crippen LogP contribution in [-0.4, -0.2) is 16.8 Å². The first-order chi connectivity index (χ1) is 11.4. The normalized spacial score (nSPS) is 15.3. The van der Waals surface area contributed by atoms with Crippen molar-refractivity contribution in [3.8, 4) is 0 Å². The van der Waals surface area contributed by atoms with Crippen LogP contribution in [0.3, 0.4) is 0 Å². The van der Waals surface area contributed by atoms with Crippen molar-refractivity contribution in [2.75, 3.05) is 0 Å². The van der Waals surface area contributed by atoms with Gasteiger partial charge in [-0.15, -0.1) is 0 Å². The Balaban J connectivity index is 1.95. The van der Waals surface area contributed by atoms with Gasteiger partial charge in [0.2, 0.25) is 5.90 Å². The average Bonchev–Trinajstić information content (AvgIpc) is 2.91. The second-order valence-corrected chi connectivity index (χ2v) is 5.63. The van der Waals surface area contributed by atoms with Crippen molar-refractivity contribution in [2.45, 2.75) is 0 Å². The van der Waals surface area contributed by atoms with E-state index in [0.717, 1.165) is 0 Å². The van der Waals surface area contributed by atoms with Gasteiger partial charge in [0.05, 0.1) is 15.0 Å². The zero-order chi connectivity index (χ0) is 17.3. The lowest BCUT2D eigenvalue weighted by molar-refractivity contribution is -0.384. The van der Waals surface area contributed by atoms with E-state index in [2.05, 4.69) is 4.99 Å². The fraction of sp³-hybridized carbons (Fsp3) is 0. The second-order valence-electron chi connectivity index (χ2n) is 4.82.